The van der Waals surface area contributed by atoms with E-state index in [1.807, 2.05) is 32.8 Å². The summed E-state index contributed by atoms with van der Waals surface area (Å²) in [6.45, 7) is 17.1. The molecule has 3 heterocycles. The maximum absolute atomic E-state index is 14.2. The van der Waals surface area contributed by atoms with Crippen molar-refractivity contribution in [2.24, 2.45) is 23.7 Å². The van der Waals surface area contributed by atoms with Crippen LogP contribution in [0.25, 0.3) is 0 Å². The van der Waals surface area contributed by atoms with E-state index in [0.717, 1.165) is 0 Å². The van der Waals surface area contributed by atoms with Crippen LogP contribution in [0.5, 0.6) is 0 Å². The highest BCUT2D eigenvalue weighted by Crippen LogP contribution is 2.41. The van der Waals surface area contributed by atoms with Gasteiger partial charge in [-0.2, -0.15) is 0 Å². The van der Waals surface area contributed by atoms with Crippen molar-refractivity contribution in [3.05, 3.63) is 0 Å². The second-order valence-electron chi connectivity index (χ2n) is 16.6. The lowest BCUT2D eigenvalue weighted by atomic mass is 9.74. The van der Waals surface area contributed by atoms with Gasteiger partial charge in [0.25, 0.3) is 0 Å². The lowest BCUT2D eigenvalue weighted by molar-refractivity contribution is -0.319. The largest absolute Gasteiger partial charge is 0.459 e. The molecule has 3 saturated heterocycles. The molecule has 0 aromatic carbocycles. The van der Waals surface area contributed by atoms with Gasteiger partial charge in [-0.3, -0.25) is 9.59 Å². The summed E-state index contributed by atoms with van der Waals surface area (Å²) < 4.78 is 43.9. The van der Waals surface area contributed by atoms with Gasteiger partial charge >= 0.3 is 5.97 Å². The minimum atomic E-state index is -1.96. The van der Waals surface area contributed by atoms with Crippen LogP contribution in [0.1, 0.15) is 94.9 Å². The summed E-state index contributed by atoms with van der Waals surface area (Å²) in [5.74, 6) is -4.47. The van der Waals surface area contributed by atoms with Gasteiger partial charge in [0.2, 0.25) is 0 Å². The molecule has 4 N–H and O–H groups in total. The molecule has 0 radical (unpaired) electrons. The fourth-order valence-corrected chi connectivity index (χ4v) is 8.58. The van der Waals surface area contributed by atoms with Gasteiger partial charge < -0.3 is 58.5 Å². The molecule has 0 amide bonds. The van der Waals surface area contributed by atoms with Crippen LogP contribution in [-0.2, 0) is 42.7 Å². The number of ketones is 1. The van der Waals surface area contributed by atoms with Crippen LogP contribution in [0.2, 0.25) is 0 Å². The topological polar surface area (TPSA) is 183 Å². The van der Waals surface area contributed by atoms with Crippen LogP contribution >= 0.6 is 0 Å². The number of Topliss-reactive ketones (excluding diaryl/α,β-unsaturated/α-hetero) is 1. The molecule has 18 atom stereocenters. The average molecular weight is 748 g/mol. The lowest BCUT2D eigenvalue weighted by Crippen LogP contribution is -2.61. The Labute approximate surface area is 310 Å². The smallest absolute Gasteiger partial charge is 0.311 e. The van der Waals surface area contributed by atoms with E-state index >= 15 is 0 Å². The number of esters is 1. The summed E-state index contributed by atoms with van der Waals surface area (Å²) in [5, 5.41) is 45.6. The van der Waals surface area contributed by atoms with Crippen molar-refractivity contribution in [2.75, 3.05) is 28.3 Å². The molecule has 3 fully saturated rings. The number of rotatable bonds is 8. The molecule has 0 bridgehead atoms. The molecule has 0 spiro atoms. The van der Waals surface area contributed by atoms with Crippen molar-refractivity contribution in [1.29, 1.82) is 0 Å². The Morgan fingerprint density at radius 1 is 0.846 bits per heavy atom. The Morgan fingerprint density at radius 3 is 1.98 bits per heavy atom. The van der Waals surface area contributed by atoms with Crippen LogP contribution < -0.4 is 0 Å². The van der Waals surface area contributed by atoms with Crippen molar-refractivity contribution >= 4 is 11.8 Å². The van der Waals surface area contributed by atoms with Crippen LogP contribution in [0.4, 0.5) is 0 Å². The van der Waals surface area contributed by atoms with Crippen molar-refractivity contribution in [3.8, 4) is 0 Å². The van der Waals surface area contributed by atoms with Crippen molar-refractivity contribution in [2.45, 2.75) is 179 Å². The quantitative estimate of drug-likeness (QED) is 0.266. The average Bonchev–Trinajstić information content (AvgIpc) is 3.09. The zero-order valence-corrected chi connectivity index (χ0v) is 33.9. The normalized spacial score (nSPS) is 49.0. The monoisotopic (exact) mass is 747 g/mol. The van der Waals surface area contributed by atoms with Crippen LogP contribution in [0.15, 0.2) is 0 Å². The number of carbonyl (C=O) groups excluding carboxylic acids is 2. The van der Waals surface area contributed by atoms with Gasteiger partial charge in [0.15, 0.2) is 12.6 Å². The van der Waals surface area contributed by atoms with Crippen LogP contribution in [-0.4, -0.2) is 150 Å². The van der Waals surface area contributed by atoms with E-state index in [-0.39, 0.29) is 37.2 Å². The zero-order valence-electron chi connectivity index (χ0n) is 33.9. The molecule has 3 aliphatic heterocycles. The highest BCUT2D eigenvalue weighted by molar-refractivity contribution is 5.83. The molecule has 0 aromatic heterocycles. The summed E-state index contributed by atoms with van der Waals surface area (Å²) in [5.41, 5.74) is -4.24. The fraction of sp³-hybridized carbons (Fsp3) is 0.947. The number of hydrogen-bond donors (Lipinski definition) is 4. The van der Waals surface area contributed by atoms with Crippen molar-refractivity contribution in [3.63, 3.8) is 0 Å². The molecular weight excluding hydrogens is 678 g/mol. The number of likely N-dealkylation sites (N-methyl/N-ethyl adjacent to an activating group) is 1. The third kappa shape index (κ3) is 9.38. The number of aliphatic hydroxyl groups is 4. The predicted molar refractivity (Wildman–Crippen MR) is 191 cm³/mol. The van der Waals surface area contributed by atoms with Crippen molar-refractivity contribution < 1.29 is 63.2 Å². The summed E-state index contributed by atoms with van der Waals surface area (Å²) in [7, 11) is 6.77. The number of nitrogens with zero attached hydrogens (tertiary/aromatic N) is 1. The Kier molecular flexibility index (Phi) is 15.3. The maximum atomic E-state index is 14.2. The minimum Gasteiger partial charge on any atom is -0.459 e. The zero-order chi connectivity index (χ0) is 39.7. The van der Waals surface area contributed by atoms with E-state index in [0.29, 0.717) is 6.42 Å². The molecule has 14 nitrogen and oxygen atoms in total. The van der Waals surface area contributed by atoms with Crippen LogP contribution in [0.3, 0.4) is 0 Å². The third-order valence-electron chi connectivity index (χ3n) is 12.3. The molecule has 304 valence electrons. The Bertz CT molecular complexity index is 1190. The lowest BCUT2D eigenvalue weighted by Gasteiger charge is -2.50. The Hall–Kier alpha value is -1.30. The second-order valence-corrected chi connectivity index (χ2v) is 16.6. The standard InChI is InChI=1S/C38H69NO13/c1-15-26-38(10,45)31(42)21(4)28(40)19(2)17-37(9,47-14)33(52-35-29(41)25(39(11)12)16-20(3)48-35)22(5)30(23(6)34(44)50-26)51-27-18-36(8,46-13)32(43)24(7)49-27/h19-27,29-33,35,41-43,45H,15-18H2,1-14H3/t19-,20?,21+,22+,23-,24?,25-,26-,27?,29?,30+,31-,32?,33-,35+,36?,37-,38-/m1/s1. The first-order valence-electron chi connectivity index (χ1n) is 18.9. The summed E-state index contributed by atoms with van der Waals surface area (Å²) in [6, 6.07) is -0.283. The Balaban J connectivity index is 2.22. The van der Waals surface area contributed by atoms with E-state index in [9.17, 15) is 30.0 Å². The first-order chi connectivity index (χ1) is 24.0. The third-order valence-corrected chi connectivity index (χ3v) is 12.3. The predicted octanol–water partition coefficient (Wildman–Crippen LogP) is 2.44. The van der Waals surface area contributed by atoms with E-state index in [1.165, 1.54) is 21.1 Å². The summed E-state index contributed by atoms with van der Waals surface area (Å²) in [6.07, 6.45) is -8.73. The molecule has 3 rings (SSSR count). The number of aliphatic hydroxyl groups excluding tert-OH is 3. The molecule has 6 unspecified atom stereocenters. The number of cyclic esters (lactones) is 1. The highest BCUT2D eigenvalue weighted by atomic mass is 16.7. The van der Waals surface area contributed by atoms with Gasteiger partial charge in [-0.25, -0.2) is 0 Å². The van der Waals surface area contributed by atoms with Gasteiger partial charge in [0.1, 0.15) is 29.7 Å². The molecule has 52 heavy (non-hydrogen) atoms. The molecule has 0 aromatic rings. The number of hydrogen-bond acceptors (Lipinski definition) is 14. The van der Waals surface area contributed by atoms with Gasteiger partial charge in [-0.05, 0) is 74.9 Å². The second kappa shape index (κ2) is 17.7. The maximum Gasteiger partial charge on any atom is 0.311 e. The molecule has 14 heteroatoms. The molecule has 0 saturated carbocycles. The van der Waals surface area contributed by atoms with Gasteiger partial charge in [-0.15, -0.1) is 0 Å². The number of carbonyl (C=O) groups is 2. The van der Waals surface area contributed by atoms with Crippen molar-refractivity contribution in [1.82, 2.24) is 4.90 Å². The summed E-state index contributed by atoms with van der Waals surface area (Å²) in [4.78, 5) is 30.1. The van der Waals surface area contributed by atoms with Gasteiger partial charge in [0.05, 0.1) is 47.6 Å². The van der Waals surface area contributed by atoms with E-state index in [1.54, 1.807) is 48.5 Å². The van der Waals surface area contributed by atoms with Gasteiger partial charge in [0, 0.05) is 44.4 Å². The van der Waals surface area contributed by atoms with Crippen LogP contribution in [0, 0.1) is 23.7 Å². The first kappa shape index (κ1) is 45.1. The summed E-state index contributed by atoms with van der Waals surface area (Å²) >= 11 is 0. The van der Waals surface area contributed by atoms with E-state index < -0.39 is 102 Å². The highest BCUT2D eigenvalue weighted by Gasteiger charge is 2.54. The van der Waals surface area contributed by atoms with Gasteiger partial charge in [-0.1, -0.05) is 27.7 Å². The molecule has 3 aliphatic rings. The first-order valence-corrected chi connectivity index (χ1v) is 18.9. The molecular formula is C38H69NO13. The van der Waals surface area contributed by atoms with E-state index in [4.69, 9.17) is 33.2 Å². The van der Waals surface area contributed by atoms with E-state index in [2.05, 4.69) is 0 Å². The number of methoxy groups -OCH3 is 2. The molecule has 0 aliphatic carbocycles. The minimum absolute atomic E-state index is 0.111. The fourth-order valence-electron chi connectivity index (χ4n) is 8.58. The number of ether oxygens (including phenoxy) is 7. The Morgan fingerprint density at radius 2 is 1.44 bits per heavy atom. The SMILES string of the molecule is CC[C@H]1OC(=O)[C@H](C)[C@@H](OC2CC(C)(OC)C(O)C(C)O2)[C@H](C)[C@@H](O[C@@H]2OC(C)C[C@@H](N(C)C)C2O)[C@](C)(OC)C[C@@H](C)C(=O)[C@H](C)[C@@H](O)[C@]1(C)O.